The number of hydrogen-bond donors (Lipinski definition) is 1. The van der Waals surface area contributed by atoms with E-state index in [0.717, 1.165) is 30.4 Å². The second kappa shape index (κ2) is 6.39. The third-order valence-electron chi connectivity index (χ3n) is 2.92. The van der Waals surface area contributed by atoms with E-state index in [1.807, 2.05) is 23.1 Å². The topological polar surface area (TPSA) is 56.1 Å². The van der Waals surface area contributed by atoms with Crippen LogP contribution in [0.15, 0.2) is 40.5 Å². The largest absolute Gasteiger partial charge is 0.376 e. The Labute approximate surface area is 120 Å². The van der Waals surface area contributed by atoms with Crippen molar-refractivity contribution in [1.82, 2.24) is 4.90 Å². The number of benzene rings is 1. The minimum atomic E-state index is -0.364. The number of likely N-dealkylation sites (tertiary alicyclic amines) is 1. The zero-order chi connectivity index (χ0) is 13.7. The number of carbonyl (C=O) groups is 1. The smallest absolute Gasteiger partial charge is 0.267 e. The molecule has 4 nitrogen and oxygen atoms in total. The molecule has 19 heavy (non-hydrogen) atoms. The highest BCUT2D eigenvalue weighted by Gasteiger charge is 2.14. The first-order chi connectivity index (χ1) is 9.19. The van der Waals surface area contributed by atoms with Crippen molar-refractivity contribution in [3.8, 4) is 6.07 Å². The number of nitrogens with zero attached hydrogens (tertiary/aromatic N) is 2. The number of nitriles is 1. The monoisotopic (exact) mass is 319 g/mol. The minimum Gasteiger partial charge on any atom is -0.376 e. The van der Waals surface area contributed by atoms with E-state index in [-0.39, 0.29) is 11.5 Å². The molecule has 0 spiro atoms. The van der Waals surface area contributed by atoms with E-state index >= 15 is 0 Å². The van der Waals surface area contributed by atoms with E-state index in [9.17, 15) is 4.79 Å². The van der Waals surface area contributed by atoms with Crippen molar-refractivity contribution in [3.05, 3.63) is 40.5 Å². The number of nitrogens with one attached hydrogen (secondary N) is 1. The lowest BCUT2D eigenvalue weighted by Crippen LogP contribution is -2.18. The van der Waals surface area contributed by atoms with Crippen LogP contribution in [0, 0.1) is 11.3 Å². The molecule has 1 aliphatic heterocycles. The molecule has 1 fully saturated rings. The Bertz CT molecular complexity index is 525. The van der Waals surface area contributed by atoms with Gasteiger partial charge in [-0.1, -0.05) is 15.9 Å². The molecule has 0 saturated carbocycles. The van der Waals surface area contributed by atoms with Crippen LogP contribution in [0.3, 0.4) is 0 Å². The predicted octanol–water partition coefficient (Wildman–Crippen LogP) is 2.89. The summed E-state index contributed by atoms with van der Waals surface area (Å²) in [4.78, 5) is 14.0. The average Bonchev–Trinajstić information content (AvgIpc) is 2.91. The molecule has 1 amide bonds. The third-order valence-corrected chi connectivity index (χ3v) is 3.45. The first-order valence-electron chi connectivity index (χ1n) is 6.12. The number of amides is 1. The normalized spacial score (nSPS) is 15.2. The van der Waals surface area contributed by atoms with Gasteiger partial charge in [0.05, 0.1) is 0 Å². The molecule has 0 aliphatic carbocycles. The molecule has 1 saturated heterocycles. The van der Waals surface area contributed by atoms with Crippen molar-refractivity contribution in [2.75, 3.05) is 18.4 Å². The maximum absolute atomic E-state index is 12.0. The van der Waals surface area contributed by atoms with Gasteiger partial charge in [-0.2, -0.15) is 5.26 Å². The molecule has 1 aliphatic rings. The lowest BCUT2D eigenvalue weighted by Gasteiger charge is -2.12. The van der Waals surface area contributed by atoms with Crippen molar-refractivity contribution in [2.24, 2.45) is 0 Å². The van der Waals surface area contributed by atoms with Crippen LogP contribution in [0.25, 0.3) is 0 Å². The quantitative estimate of drug-likeness (QED) is 0.688. The van der Waals surface area contributed by atoms with Crippen molar-refractivity contribution in [2.45, 2.75) is 12.8 Å². The molecule has 1 aromatic carbocycles. The standard InChI is InChI=1S/C14H14BrN3O/c15-12-3-5-13(6-4-12)17-14(19)11(9-16)10-18-7-1-2-8-18/h3-6,10H,1-2,7-8H2,(H,17,19)/b11-10-. The molecule has 0 bridgehead atoms. The van der Waals surface area contributed by atoms with Gasteiger partial charge in [-0.15, -0.1) is 0 Å². The van der Waals surface area contributed by atoms with Crippen molar-refractivity contribution >= 4 is 27.5 Å². The lowest BCUT2D eigenvalue weighted by atomic mass is 10.2. The molecule has 98 valence electrons. The van der Waals surface area contributed by atoms with E-state index < -0.39 is 0 Å². The summed E-state index contributed by atoms with van der Waals surface area (Å²) < 4.78 is 0.943. The fourth-order valence-corrected chi connectivity index (χ4v) is 2.19. The first-order valence-corrected chi connectivity index (χ1v) is 6.91. The third kappa shape index (κ3) is 3.83. The molecule has 1 aromatic rings. The van der Waals surface area contributed by atoms with Gasteiger partial charge in [0.1, 0.15) is 11.6 Å². The van der Waals surface area contributed by atoms with E-state index in [1.54, 1.807) is 18.3 Å². The number of anilines is 1. The number of rotatable bonds is 3. The molecular formula is C14H14BrN3O. The Morgan fingerprint density at radius 3 is 2.53 bits per heavy atom. The van der Waals surface area contributed by atoms with Crippen LogP contribution in [0.2, 0.25) is 0 Å². The highest BCUT2D eigenvalue weighted by molar-refractivity contribution is 9.10. The van der Waals surface area contributed by atoms with Gasteiger partial charge >= 0.3 is 0 Å². The van der Waals surface area contributed by atoms with Crippen LogP contribution < -0.4 is 5.32 Å². The molecule has 2 rings (SSSR count). The summed E-state index contributed by atoms with van der Waals surface area (Å²) in [6.07, 6.45) is 3.88. The molecule has 0 unspecified atom stereocenters. The highest BCUT2D eigenvalue weighted by Crippen LogP contribution is 2.15. The summed E-state index contributed by atoms with van der Waals surface area (Å²) >= 11 is 3.33. The summed E-state index contributed by atoms with van der Waals surface area (Å²) in [6, 6.07) is 9.21. The molecule has 1 heterocycles. The number of hydrogen-bond acceptors (Lipinski definition) is 3. The molecular weight excluding hydrogens is 306 g/mol. The van der Waals surface area contributed by atoms with Gasteiger partial charge in [-0.05, 0) is 37.1 Å². The maximum atomic E-state index is 12.0. The molecule has 0 atom stereocenters. The SMILES string of the molecule is N#C/C(=C/N1CCCC1)C(=O)Nc1ccc(Br)cc1. The zero-order valence-corrected chi connectivity index (χ0v) is 12.0. The summed E-state index contributed by atoms with van der Waals surface area (Å²) in [5.41, 5.74) is 0.820. The van der Waals surface area contributed by atoms with Crippen molar-refractivity contribution in [3.63, 3.8) is 0 Å². The van der Waals surface area contributed by atoms with Crippen LogP contribution in [0.5, 0.6) is 0 Å². The van der Waals surface area contributed by atoms with Crippen molar-refractivity contribution in [1.29, 1.82) is 5.26 Å². The van der Waals surface area contributed by atoms with Gasteiger partial charge in [0.2, 0.25) is 0 Å². The van der Waals surface area contributed by atoms with Gasteiger partial charge in [-0.3, -0.25) is 4.79 Å². The highest BCUT2D eigenvalue weighted by atomic mass is 79.9. The van der Waals surface area contributed by atoms with Gasteiger partial charge in [0.25, 0.3) is 5.91 Å². The number of carbonyl (C=O) groups excluding carboxylic acids is 1. The fraction of sp³-hybridized carbons (Fsp3) is 0.286. The van der Waals surface area contributed by atoms with E-state index in [2.05, 4.69) is 21.2 Å². The molecule has 0 aromatic heterocycles. The number of halogens is 1. The van der Waals surface area contributed by atoms with Gasteiger partial charge < -0.3 is 10.2 Å². The molecule has 0 radical (unpaired) electrons. The van der Waals surface area contributed by atoms with Crippen LogP contribution in [-0.4, -0.2) is 23.9 Å². The summed E-state index contributed by atoms with van der Waals surface area (Å²) in [5, 5.41) is 11.8. The fourth-order valence-electron chi connectivity index (χ4n) is 1.92. The second-order valence-electron chi connectivity index (χ2n) is 4.36. The predicted molar refractivity (Wildman–Crippen MR) is 77.3 cm³/mol. The van der Waals surface area contributed by atoms with Gasteiger partial charge in [-0.25, -0.2) is 0 Å². The Kier molecular flexibility index (Phi) is 4.58. The van der Waals surface area contributed by atoms with Crippen LogP contribution in [-0.2, 0) is 4.79 Å². The van der Waals surface area contributed by atoms with E-state index in [0.29, 0.717) is 5.69 Å². The van der Waals surface area contributed by atoms with Crippen LogP contribution in [0.1, 0.15) is 12.8 Å². The Hall–Kier alpha value is -1.80. The van der Waals surface area contributed by atoms with E-state index in [4.69, 9.17) is 5.26 Å². The average molecular weight is 320 g/mol. The Balaban J connectivity index is 2.04. The Morgan fingerprint density at radius 2 is 1.95 bits per heavy atom. The van der Waals surface area contributed by atoms with Crippen molar-refractivity contribution < 1.29 is 4.79 Å². The summed E-state index contributed by atoms with van der Waals surface area (Å²) in [7, 11) is 0. The Morgan fingerprint density at radius 1 is 1.32 bits per heavy atom. The summed E-state index contributed by atoms with van der Waals surface area (Å²) in [6.45, 7) is 1.83. The van der Waals surface area contributed by atoms with Gasteiger partial charge in [0, 0.05) is 29.4 Å². The summed E-state index contributed by atoms with van der Waals surface area (Å²) in [5.74, 6) is -0.364. The zero-order valence-electron chi connectivity index (χ0n) is 10.4. The maximum Gasteiger partial charge on any atom is 0.267 e. The first kappa shape index (κ1) is 13.6. The molecule has 1 N–H and O–H groups in total. The van der Waals surface area contributed by atoms with Crippen LogP contribution >= 0.6 is 15.9 Å². The molecule has 5 heteroatoms. The van der Waals surface area contributed by atoms with Crippen LogP contribution in [0.4, 0.5) is 5.69 Å². The minimum absolute atomic E-state index is 0.143. The van der Waals surface area contributed by atoms with E-state index in [1.165, 1.54) is 0 Å². The second-order valence-corrected chi connectivity index (χ2v) is 5.27. The lowest BCUT2D eigenvalue weighted by molar-refractivity contribution is -0.112. The van der Waals surface area contributed by atoms with Gasteiger partial charge in [0.15, 0.2) is 0 Å².